The first-order chi connectivity index (χ1) is 7.79. The number of fused-ring (bicyclic) bond motifs is 2. The SMILES string of the molecule is [Li][c]1c2ccccc2[c]([Li])c2ccccc12. The monoisotopic (exact) mass is 190 g/mol. The van der Waals surface area contributed by atoms with E-state index in [1.165, 1.54) is 30.0 Å². The molecule has 0 N–H and O–H groups in total. The van der Waals surface area contributed by atoms with Gasteiger partial charge in [-0.2, -0.15) is 0 Å². The third kappa shape index (κ3) is 1.47. The van der Waals surface area contributed by atoms with Gasteiger partial charge in [-0.15, -0.1) is 0 Å². The molecular weight excluding hydrogens is 182 g/mol. The molecule has 0 bridgehead atoms. The molecule has 66 valence electrons. The summed E-state index contributed by atoms with van der Waals surface area (Å²) in [7, 11) is 0. The number of hydrogen-bond acceptors (Lipinski definition) is 0. The van der Waals surface area contributed by atoms with Gasteiger partial charge in [-0.25, -0.2) is 0 Å². The fourth-order valence-electron chi connectivity index (χ4n) is 2.56. The van der Waals surface area contributed by atoms with Crippen LogP contribution in [0.15, 0.2) is 48.5 Å². The molecule has 16 heavy (non-hydrogen) atoms. The van der Waals surface area contributed by atoms with Gasteiger partial charge in [-0.1, -0.05) is 0 Å². The van der Waals surface area contributed by atoms with Crippen molar-refractivity contribution in [2.75, 3.05) is 0 Å². The molecule has 0 saturated heterocycles. The van der Waals surface area contributed by atoms with Gasteiger partial charge in [-0.3, -0.25) is 0 Å². The molecule has 0 heterocycles. The van der Waals surface area contributed by atoms with Crippen LogP contribution in [0.3, 0.4) is 0 Å². The summed E-state index contributed by atoms with van der Waals surface area (Å²) >= 11 is 4.42. The van der Waals surface area contributed by atoms with Gasteiger partial charge in [0.15, 0.2) is 0 Å². The van der Waals surface area contributed by atoms with Crippen molar-refractivity contribution >= 4 is 65.4 Å². The van der Waals surface area contributed by atoms with Gasteiger partial charge in [0.25, 0.3) is 0 Å². The normalized spacial score (nSPS) is 11.2. The minimum atomic E-state index is 1.37. The van der Waals surface area contributed by atoms with E-state index in [0.717, 1.165) is 0 Å². The predicted octanol–water partition coefficient (Wildman–Crippen LogP) is 1.58. The molecule has 0 aliphatic heterocycles. The van der Waals surface area contributed by atoms with Crippen molar-refractivity contribution < 1.29 is 0 Å². The standard InChI is InChI=1S/C14H8.2Li/c1-2-6-12-10-14-8-4-3-7-13(14)9-11(12)5-1;;/h1-8H;;. The summed E-state index contributed by atoms with van der Waals surface area (Å²) in [5.41, 5.74) is 0. The molecule has 0 radical (unpaired) electrons. The van der Waals surface area contributed by atoms with Crippen molar-refractivity contribution in [1.29, 1.82) is 0 Å². The fraction of sp³-hybridized carbons (Fsp3) is 0. The van der Waals surface area contributed by atoms with Crippen molar-refractivity contribution in [1.82, 2.24) is 0 Å². The van der Waals surface area contributed by atoms with Gasteiger partial charge < -0.3 is 0 Å². The summed E-state index contributed by atoms with van der Waals surface area (Å²) in [4.78, 5) is 0. The number of rotatable bonds is 0. The topological polar surface area (TPSA) is 0 Å². The van der Waals surface area contributed by atoms with Crippen LogP contribution in [0.25, 0.3) is 21.5 Å². The Hall–Kier alpha value is -0.625. The van der Waals surface area contributed by atoms with Crippen LogP contribution in [-0.4, -0.2) is 35.4 Å². The third-order valence-corrected chi connectivity index (χ3v) is 3.47. The van der Waals surface area contributed by atoms with Crippen LogP contribution < -0.4 is 8.47 Å². The second-order valence-corrected chi connectivity index (χ2v) is 4.34. The van der Waals surface area contributed by atoms with Gasteiger partial charge in [0.1, 0.15) is 0 Å². The molecule has 0 fully saturated rings. The summed E-state index contributed by atoms with van der Waals surface area (Å²) in [6.07, 6.45) is 0. The molecule has 0 nitrogen and oxygen atoms in total. The van der Waals surface area contributed by atoms with Crippen LogP contribution in [0, 0.1) is 0 Å². The van der Waals surface area contributed by atoms with Crippen molar-refractivity contribution in [3.05, 3.63) is 48.5 Å². The summed E-state index contributed by atoms with van der Waals surface area (Å²) in [5, 5.41) is 5.50. The molecule has 0 aliphatic rings. The summed E-state index contributed by atoms with van der Waals surface area (Å²) < 4.78 is 2.77. The second-order valence-electron chi connectivity index (χ2n) is 4.34. The van der Waals surface area contributed by atoms with Crippen LogP contribution >= 0.6 is 0 Å². The zero-order valence-electron chi connectivity index (χ0n) is 9.62. The van der Waals surface area contributed by atoms with Crippen LogP contribution in [0.1, 0.15) is 0 Å². The zero-order valence-corrected chi connectivity index (χ0v) is 9.62. The number of hydrogen-bond donors (Lipinski definition) is 0. The first-order valence-corrected chi connectivity index (χ1v) is 5.65. The molecule has 0 spiro atoms. The van der Waals surface area contributed by atoms with E-state index in [1.807, 2.05) is 0 Å². The summed E-state index contributed by atoms with van der Waals surface area (Å²) in [6, 6.07) is 17.3. The Balaban J connectivity index is 2.67. The van der Waals surface area contributed by atoms with E-state index in [-0.39, 0.29) is 0 Å². The van der Waals surface area contributed by atoms with Gasteiger partial charge in [-0.05, 0) is 0 Å². The molecule has 2 heteroatoms. The molecule has 0 atom stereocenters. The first kappa shape index (κ1) is 10.5. The van der Waals surface area contributed by atoms with E-state index in [2.05, 4.69) is 84.0 Å². The Kier molecular flexibility index (Phi) is 2.63. The van der Waals surface area contributed by atoms with E-state index in [9.17, 15) is 0 Å². The van der Waals surface area contributed by atoms with Crippen molar-refractivity contribution in [2.24, 2.45) is 0 Å². The quantitative estimate of drug-likeness (QED) is 0.373. The molecule has 3 aromatic rings. The van der Waals surface area contributed by atoms with E-state index < -0.39 is 0 Å². The van der Waals surface area contributed by atoms with Crippen LogP contribution in [-0.2, 0) is 0 Å². The average Bonchev–Trinajstić information content (AvgIpc) is 2.36. The van der Waals surface area contributed by atoms with Gasteiger partial charge in [0.05, 0.1) is 0 Å². The van der Waals surface area contributed by atoms with E-state index in [0.29, 0.717) is 0 Å². The Morgan fingerprint density at radius 3 is 1.00 bits per heavy atom. The van der Waals surface area contributed by atoms with Crippen LogP contribution in [0.5, 0.6) is 0 Å². The Labute approximate surface area is 113 Å². The molecule has 0 unspecified atom stereocenters. The average molecular weight is 190 g/mol. The molecular formula is C14H8Li2. The van der Waals surface area contributed by atoms with Crippen molar-refractivity contribution in [3.8, 4) is 0 Å². The van der Waals surface area contributed by atoms with Crippen LogP contribution in [0.4, 0.5) is 0 Å². The van der Waals surface area contributed by atoms with Crippen molar-refractivity contribution in [3.63, 3.8) is 0 Å². The fourth-order valence-corrected chi connectivity index (χ4v) is 2.56. The summed E-state index contributed by atoms with van der Waals surface area (Å²) in [6.45, 7) is 0. The Morgan fingerprint density at radius 2 is 0.750 bits per heavy atom. The molecule has 0 aliphatic carbocycles. The van der Waals surface area contributed by atoms with E-state index >= 15 is 0 Å². The summed E-state index contributed by atoms with van der Waals surface area (Å²) in [5.74, 6) is 0. The third-order valence-electron chi connectivity index (χ3n) is 3.47. The van der Waals surface area contributed by atoms with Gasteiger partial charge in [0, 0.05) is 0 Å². The number of benzene rings is 3. The van der Waals surface area contributed by atoms with E-state index in [1.54, 1.807) is 0 Å². The van der Waals surface area contributed by atoms with Gasteiger partial charge >= 0.3 is 114 Å². The minimum absolute atomic E-state index is 1.37. The second kappa shape index (κ2) is 3.99. The predicted molar refractivity (Wildman–Crippen MR) is 72.2 cm³/mol. The van der Waals surface area contributed by atoms with Gasteiger partial charge in [0.2, 0.25) is 0 Å². The zero-order chi connectivity index (χ0) is 11.1. The Bertz CT molecular complexity index is 570. The Morgan fingerprint density at radius 1 is 0.500 bits per heavy atom. The molecule has 3 rings (SSSR count). The molecule has 0 aromatic heterocycles. The maximum atomic E-state index is 2.21. The maximum absolute atomic E-state index is 2.21. The van der Waals surface area contributed by atoms with Crippen LogP contribution in [0.2, 0.25) is 0 Å². The van der Waals surface area contributed by atoms with E-state index in [4.69, 9.17) is 0 Å². The first-order valence-electron chi connectivity index (χ1n) is 5.65. The molecule has 0 saturated carbocycles. The molecule has 3 aromatic carbocycles. The molecule has 0 amide bonds. The van der Waals surface area contributed by atoms with Crippen molar-refractivity contribution in [2.45, 2.75) is 0 Å².